The third-order valence-corrected chi connectivity index (χ3v) is 4.26. The minimum atomic E-state index is 0.744. The van der Waals surface area contributed by atoms with Crippen molar-refractivity contribution in [3.8, 4) is 11.4 Å². The van der Waals surface area contributed by atoms with Gasteiger partial charge in [0.15, 0.2) is 0 Å². The van der Waals surface area contributed by atoms with E-state index in [1.165, 1.54) is 5.56 Å². The molecule has 0 aliphatic carbocycles. The number of fused-ring (bicyclic) bond motifs is 1. The van der Waals surface area contributed by atoms with E-state index in [0.717, 1.165) is 34.7 Å². The van der Waals surface area contributed by atoms with Crippen molar-refractivity contribution in [2.45, 2.75) is 6.54 Å². The normalized spacial score (nSPS) is 10.8. The Morgan fingerprint density at radius 1 is 0.920 bits per heavy atom. The van der Waals surface area contributed by atoms with Gasteiger partial charge in [-0.1, -0.05) is 36.4 Å². The van der Waals surface area contributed by atoms with Crippen molar-refractivity contribution in [3.63, 3.8) is 0 Å². The highest BCUT2D eigenvalue weighted by Gasteiger charge is 2.08. The molecule has 0 fully saturated rings. The Morgan fingerprint density at radius 3 is 2.52 bits per heavy atom. The van der Waals surface area contributed by atoms with E-state index in [4.69, 9.17) is 4.74 Å². The summed E-state index contributed by atoms with van der Waals surface area (Å²) in [5.74, 6) is 0.869. The number of nitrogens with one attached hydrogen (secondary N) is 1. The maximum absolute atomic E-state index is 5.21. The van der Waals surface area contributed by atoms with Crippen molar-refractivity contribution in [1.82, 2.24) is 9.55 Å². The summed E-state index contributed by atoms with van der Waals surface area (Å²) in [6, 6.07) is 24.5. The number of methoxy groups -OCH3 is 1. The molecule has 0 amide bonds. The van der Waals surface area contributed by atoms with Gasteiger partial charge in [-0.25, -0.2) is 4.98 Å². The molecule has 0 radical (unpaired) electrons. The number of rotatable bonds is 5. The van der Waals surface area contributed by atoms with Crippen molar-refractivity contribution in [1.29, 1.82) is 0 Å². The summed E-state index contributed by atoms with van der Waals surface area (Å²) < 4.78 is 7.33. The van der Waals surface area contributed by atoms with Gasteiger partial charge in [0.25, 0.3) is 0 Å². The van der Waals surface area contributed by atoms with E-state index in [9.17, 15) is 0 Å². The smallest absolute Gasteiger partial charge is 0.118 e. The van der Waals surface area contributed by atoms with Gasteiger partial charge in [0.2, 0.25) is 0 Å². The minimum absolute atomic E-state index is 0.744. The summed E-state index contributed by atoms with van der Waals surface area (Å²) in [6.45, 7) is 0.744. The monoisotopic (exact) mass is 329 g/mol. The molecule has 0 aliphatic heterocycles. The van der Waals surface area contributed by atoms with Crippen LogP contribution < -0.4 is 10.1 Å². The molecule has 0 aliphatic rings. The number of para-hydroxylation sites is 4. The van der Waals surface area contributed by atoms with Crippen LogP contribution in [0.4, 0.5) is 5.69 Å². The van der Waals surface area contributed by atoms with Gasteiger partial charge in [0, 0.05) is 6.54 Å². The van der Waals surface area contributed by atoms with Crippen LogP contribution in [0.2, 0.25) is 0 Å². The van der Waals surface area contributed by atoms with E-state index in [1.807, 2.05) is 48.8 Å². The van der Waals surface area contributed by atoms with Gasteiger partial charge in [-0.05, 0) is 42.0 Å². The molecule has 1 heterocycles. The molecular formula is C21H19N3O. The Hall–Kier alpha value is -3.27. The van der Waals surface area contributed by atoms with Crippen molar-refractivity contribution in [2.75, 3.05) is 12.4 Å². The summed E-state index contributed by atoms with van der Waals surface area (Å²) >= 11 is 0. The maximum atomic E-state index is 5.21. The number of aromatic nitrogens is 2. The molecule has 4 aromatic rings. The van der Waals surface area contributed by atoms with Gasteiger partial charge in [-0.2, -0.15) is 0 Å². The van der Waals surface area contributed by atoms with Crippen molar-refractivity contribution in [2.24, 2.45) is 0 Å². The van der Waals surface area contributed by atoms with Crippen LogP contribution in [0.5, 0.6) is 5.75 Å². The number of nitrogens with zero attached hydrogens (tertiary/aromatic N) is 2. The highest BCUT2D eigenvalue weighted by atomic mass is 16.5. The minimum Gasteiger partial charge on any atom is -0.497 e. The maximum Gasteiger partial charge on any atom is 0.118 e. The second-order valence-electron chi connectivity index (χ2n) is 5.82. The van der Waals surface area contributed by atoms with Crippen LogP contribution in [-0.2, 0) is 6.54 Å². The quantitative estimate of drug-likeness (QED) is 0.579. The molecule has 0 unspecified atom stereocenters. The lowest BCUT2D eigenvalue weighted by molar-refractivity contribution is 0.414. The van der Waals surface area contributed by atoms with Crippen LogP contribution in [0, 0.1) is 0 Å². The average molecular weight is 329 g/mol. The number of hydrogen-bond donors (Lipinski definition) is 1. The zero-order valence-electron chi connectivity index (χ0n) is 14.0. The highest BCUT2D eigenvalue weighted by Crippen LogP contribution is 2.25. The predicted octanol–water partition coefficient (Wildman–Crippen LogP) is 4.65. The summed E-state index contributed by atoms with van der Waals surface area (Å²) in [6.07, 6.45) is 1.87. The average Bonchev–Trinajstić information content (AvgIpc) is 3.11. The molecule has 0 bridgehead atoms. The van der Waals surface area contributed by atoms with Gasteiger partial charge in [0.1, 0.15) is 12.1 Å². The highest BCUT2D eigenvalue weighted by molar-refractivity contribution is 5.79. The van der Waals surface area contributed by atoms with E-state index in [0.29, 0.717) is 0 Å². The van der Waals surface area contributed by atoms with Crippen molar-refractivity contribution >= 4 is 16.7 Å². The third kappa shape index (κ3) is 3.06. The first-order valence-corrected chi connectivity index (χ1v) is 8.23. The topological polar surface area (TPSA) is 39.1 Å². The molecule has 4 heteroatoms. The SMILES string of the molecule is COc1ccc(CNc2ccccc2-n2cnc3ccccc32)cc1. The lowest BCUT2D eigenvalue weighted by Gasteiger charge is -2.13. The van der Waals surface area contributed by atoms with Crippen LogP contribution in [0.15, 0.2) is 79.1 Å². The van der Waals surface area contributed by atoms with Gasteiger partial charge in [-0.15, -0.1) is 0 Å². The summed E-state index contributed by atoms with van der Waals surface area (Å²) in [5, 5.41) is 3.53. The molecule has 0 spiro atoms. The Bertz CT molecular complexity index is 989. The number of imidazole rings is 1. The van der Waals surface area contributed by atoms with E-state index in [-0.39, 0.29) is 0 Å². The van der Waals surface area contributed by atoms with E-state index >= 15 is 0 Å². The standard InChI is InChI=1S/C21H19N3O/c1-25-17-12-10-16(11-13-17)14-22-18-6-2-4-8-20(18)24-15-23-19-7-3-5-9-21(19)24/h2-13,15,22H,14H2,1H3. The van der Waals surface area contributed by atoms with E-state index < -0.39 is 0 Å². The molecule has 124 valence electrons. The van der Waals surface area contributed by atoms with Gasteiger partial charge in [0.05, 0.1) is 29.5 Å². The largest absolute Gasteiger partial charge is 0.497 e. The number of benzene rings is 3. The number of hydrogen-bond acceptors (Lipinski definition) is 3. The van der Waals surface area contributed by atoms with E-state index in [1.54, 1.807) is 7.11 Å². The first kappa shape index (κ1) is 15.3. The predicted molar refractivity (Wildman–Crippen MR) is 101 cm³/mol. The summed E-state index contributed by atoms with van der Waals surface area (Å²) in [4.78, 5) is 4.49. The number of anilines is 1. The zero-order chi connectivity index (χ0) is 17.1. The molecule has 0 saturated heterocycles. The van der Waals surface area contributed by atoms with Crippen LogP contribution in [0.25, 0.3) is 16.7 Å². The zero-order valence-corrected chi connectivity index (χ0v) is 14.0. The molecule has 1 N–H and O–H groups in total. The molecule has 3 aromatic carbocycles. The van der Waals surface area contributed by atoms with Gasteiger partial charge >= 0.3 is 0 Å². The van der Waals surface area contributed by atoms with Crippen LogP contribution in [0.3, 0.4) is 0 Å². The van der Waals surface area contributed by atoms with E-state index in [2.05, 4.69) is 45.2 Å². The lowest BCUT2D eigenvalue weighted by atomic mass is 10.2. The Labute approximate surface area is 146 Å². The molecule has 25 heavy (non-hydrogen) atoms. The Morgan fingerprint density at radius 2 is 1.68 bits per heavy atom. The second kappa shape index (κ2) is 6.69. The molecule has 0 atom stereocenters. The first-order valence-electron chi connectivity index (χ1n) is 8.23. The summed E-state index contributed by atoms with van der Waals surface area (Å²) in [7, 11) is 1.68. The Balaban J connectivity index is 1.62. The fourth-order valence-electron chi connectivity index (χ4n) is 2.93. The molecule has 0 saturated carbocycles. The molecule has 4 rings (SSSR count). The lowest BCUT2D eigenvalue weighted by Crippen LogP contribution is -2.04. The van der Waals surface area contributed by atoms with Gasteiger partial charge in [-0.3, -0.25) is 4.57 Å². The summed E-state index contributed by atoms with van der Waals surface area (Å²) in [5.41, 5.74) is 5.45. The number of ether oxygens (including phenoxy) is 1. The molecule has 1 aromatic heterocycles. The van der Waals surface area contributed by atoms with Crippen LogP contribution >= 0.6 is 0 Å². The first-order chi connectivity index (χ1) is 12.3. The fraction of sp³-hybridized carbons (Fsp3) is 0.0952. The van der Waals surface area contributed by atoms with Crippen LogP contribution in [0.1, 0.15) is 5.56 Å². The fourth-order valence-corrected chi connectivity index (χ4v) is 2.93. The Kier molecular flexibility index (Phi) is 4.09. The van der Waals surface area contributed by atoms with Crippen molar-refractivity contribution in [3.05, 3.63) is 84.7 Å². The molecular weight excluding hydrogens is 310 g/mol. The second-order valence-corrected chi connectivity index (χ2v) is 5.82. The third-order valence-electron chi connectivity index (χ3n) is 4.26. The van der Waals surface area contributed by atoms with Crippen LogP contribution in [-0.4, -0.2) is 16.7 Å². The van der Waals surface area contributed by atoms with Gasteiger partial charge < -0.3 is 10.1 Å². The molecule has 4 nitrogen and oxygen atoms in total. The van der Waals surface area contributed by atoms with Crippen molar-refractivity contribution < 1.29 is 4.74 Å².